The van der Waals surface area contributed by atoms with Gasteiger partial charge in [0.15, 0.2) is 0 Å². The van der Waals surface area contributed by atoms with E-state index in [0.29, 0.717) is 28.7 Å². The van der Waals surface area contributed by atoms with Gasteiger partial charge in [-0.05, 0) is 47.7 Å². The molecule has 1 fully saturated rings. The molecule has 29 heavy (non-hydrogen) atoms. The molecule has 2 amide bonds. The highest BCUT2D eigenvalue weighted by Crippen LogP contribution is 2.36. The van der Waals surface area contributed by atoms with Crippen molar-refractivity contribution in [3.63, 3.8) is 0 Å². The summed E-state index contributed by atoms with van der Waals surface area (Å²) >= 11 is 12.5. The van der Waals surface area contributed by atoms with Gasteiger partial charge in [0.25, 0.3) is 0 Å². The molecule has 2 aliphatic rings. The van der Waals surface area contributed by atoms with E-state index in [1.165, 1.54) is 5.56 Å². The average Bonchev–Trinajstić information content (AvgIpc) is 2.71. The van der Waals surface area contributed by atoms with Gasteiger partial charge >= 0.3 is 0 Å². The molecule has 0 aliphatic carbocycles. The molecule has 2 unspecified atom stereocenters. The number of ether oxygens (including phenoxy) is 1. The molecule has 2 aromatic carbocycles. The normalized spacial score (nSPS) is 21.5. The third-order valence-corrected chi connectivity index (χ3v) is 6.43. The van der Waals surface area contributed by atoms with Gasteiger partial charge in [-0.15, -0.1) is 0 Å². The van der Waals surface area contributed by atoms with Crippen molar-refractivity contribution in [1.82, 2.24) is 10.2 Å². The van der Waals surface area contributed by atoms with Crippen LogP contribution in [0.4, 0.5) is 0 Å². The van der Waals surface area contributed by atoms with Crippen LogP contribution < -0.4 is 5.32 Å². The molecule has 2 aliphatic heterocycles. The van der Waals surface area contributed by atoms with Crippen molar-refractivity contribution in [1.29, 1.82) is 0 Å². The van der Waals surface area contributed by atoms with E-state index in [4.69, 9.17) is 27.9 Å². The molecule has 0 radical (unpaired) electrons. The summed E-state index contributed by atoms with van der Waals surface area (Å²) < 4.78 is 5.74. The van der Waals surface area contributed by atoms with Crippen molar-refractivity contribution in [3.05, 3.63) is 68.7 Å². The van der Waals surface area contributed by atoms with Gasteiger partial charge in [-0.1, -0.05) is 47.5 Å². The molecule has 5 nitrogen and oxygen atoms in total. The van der Waals surface area contributed by atoms with Crippen LogP contribution in [0.3, 0.4) is 0 Å². The largest absolute Gasteiger partial charge is 0.362 e. The van der Waals surface area contributed by atoms with Crippen molar-refractivity contribution in [2.24, 2.45) is 0 Å². The summed E-state index contributed by atoms with van der Waals surface area (Å²) in [6.45, 7) is 3.20. The average molecular weight is 433 g/mol. The molecule has 152 valence electrons. The summed E-state index contributed by atoms with van der Waals surface area (Å²) in [6, 6.07) is 11.3. The van der Waals surface area contributed by atoms with Crippen LogP contribution >= 0.6 is 23.2 Å². The molecule has 0 aromatic heterocycles. The first-order valence-corrected chi connectivity index (χ1v) is 10.4. The molecule has 1 saturated heterocycles. The molecule has 0 spiro atoms. The fourth-order valence-electron chi connectivity index (χ4n) is 4.19. The third kappa shape index (κ3) is 4.00. The van der Waals surface area contributed by atoms with E-state index in [-0.39, 0.29) is 37.0 Å². The second-order valence-corrected chi connectivity index (χ2v) is 8.22. The second-order valence-electron chi connectivity index (χ2n) is 7.41. The van der Waals surface area contributed by atoms with Crippen molar-refractivity contribution >= 4 is 35.0 Å². The number of hydrogen-bond acceptors (Lipinski definition) is 3. The van der Waals surface area contributed by atoms with E-state index in [0.717, 1.165) is 17.5 Å². The number of amides is 2. The Hall–Kier alpha value is -2.08. The number of morpholine rings is 1. The van der Waals surface area contributed by atoms with E-state index < -0.39 is 0 Å². The van der Waals surface area contributed by atoms with E-state index in [1.807, 2.05) is 17.9 Å². The van der Waals surface area contributed by atoms with E-state index in [2.05, 4.69) is 17.4 Å². The van der Waals surface area contributed by atoms with Gasteiger partial charge in [0, 0.05) is 23.1 Å². The van der Waals surface area contributed by atoms with Gasteiger partial charge in [0.05, 0.1) is 12.5 Å². The Labute approximate surface area is 179 Å². The summed E-state index contributed by atoms with van der Waals surface area (Å²) in [4.78, 5) is 26.3. The van der Waals surface area contributed by atoms with E-state index in [9.17, 15) is 9.59 Å². The maximum atomic E-state index is 13.1. The lowest BCUT2D eigenvalue weighted by molar-refractivity contribution is -0.134. The minimum atomic E-state index is -0.154. The molecule has 2 heterocycles. The zero-order chi connectivity index (χ0) is 20.5. The lowest BCUT2D eigenvalue weighted by Gasteiger charge is -2.37. The number of carbonyl (C=O) groups excluding carboxylic acids is 2. The minimum absolute atomic E-state index is 0.00438. The Morgan fingerprint density at radius 2 is 1.86 bits per heavy atom. The fourth-order valence-corrected chi connectivity index (χ4v) is 4.72. The standard InChI is InChI=1S/C22H22Cl2N2O3/c1-13-14-4-2-5-16(20-11-25-21(27)12-29-20)15(14)8-9-26(13)22(28)10-17-18(23)6-3-7-19(17)24/h2-7,13,20H,8-12H2,1H3,(H,25,27). The van der Waals surface area contributed by atoms with Gasteiger partial charge in [-0.3, -0.25) is 9.59 Å². The van der Waals surface area contributed by atoms with Crippen LogP contribution in [-0.4, -0.2) is 36.4 Å². The number of rotatable bonds is 3. The van der Waals surface area contributed by atoms with Crippen molar-refractivity contribution < 1.29 is 14.3 Å². The number of nitrogens with one attached hydrogen (secondary N) is 1. The highest BCUT2D eigenvalue weighted by atomic mass is 35.5. The molecule has 2 aromatic rings. The number of fused-ring (bicyclic) bond motifs is 1. The number of nitrogens with zero attached hydrogens (tertiary/aromatic N) is 1. The van der Waals surface area contributed by atoms with Gasteiger partial charge in [0.1, 0.15) is 12.7 Å². The smallest absolute Gasteiger partial charge is 0.246 e. The Morgan fingerprint density at radius 1 is 1.17 bits per heavy atom. The molecule has 7 heteroatoms. The van der Waals surface area contributed by atoms with Crippen LogP contribution in [0.5, 0.6) is 0 Å². The van der Waals surface area contributed by atoms with Crippen LogP contribution in [-0.2, 0) is 27.2 Å². The van der Waals surface area contributed by atoms with Crippen molar-refractivity contribution in [3.8, 4) is 0 Å². The van der Waals surface area contributed by atoms with Gasteiger partial charge < -0.3 is 15.0 Å². The van der Waals surface area contributed by atoms with Gasteiger partial charge in [-0.2, -0.15) is 0 Å². The maximum absolute atomic E-state index is 13.1. The summed E-state index contributed by atoms with van der Waals surface area (Å²) in [7, 11) is 0. The highest BCUT2D eigenvalue weighted by molar-refractivity contribution is 6.36. The predicted octanol–water partition coefficient (Wildman–Crippen LogP) is 3.87. The zero-order valence-electron chi connectivity index (χ0n) is 16.1. The molecule has 2 atom stereocenters. The van der Waals surface area contributed by atoms with Crippen LogP contribution in [0.2, 0.25) is 10.0 Å². The Balaban J connectivity index is 1.56. The van der Waals surface area contributed by atoms with Crippen LogP contribution in [0, 0.1) is 0 Å². The first-order chi connectivity index (χ1) is 14.0. The summed E-state index contributed by atoms with van der Waals surface area (Å²) in [5.41, 5.74) is 4.09. The summed E-state index contributed by atoms with van der Waals surface area (Å²) in [5.74, 6) is -0.0841. The number of benzene rings is 2. The molecule has 0 bridgehead atoms. The van der Waals surface area contributed by atoms with Crippen LogP contribution in [0.1, 0.15) is 41.3 Å². The number of halogens is 2. The summed E-state index contributed by atoms with van der Waals surface area (Å²) in [5, 5.41) is 3.88. The topological polar surface area (TPSA) is 58.6 Å². The first kappa shape index (κ1) is 20.2. The zero-order valence-corrected chi connectivity index (χ0v) is 17.6. The maximum Gasteiger partial charge on any atom is 0.246 e. The van der Waals surface area contributed by atoms with Crippen molar-refractivity contribution in [2.45, 2.75) is 31.9 Å². The van der Waals surface area contributed by atoms with Gasteiger partial charge in [0.2, 0.25) is 11.8 Å². The lowest BCUT2D eigenvalue weighted by atomic mass is 9.87. The quantitative estimate of drug-likeness (QED) is 0.800. The Kier molecular flexibility index (Phi) is 5.81. The summed E-state index contributed by atoms with van der Waals surface area (Å²) in [6.07, 6.45) is 0.764. The molecule has 1 N–H and O–H groups in total. The van der Waals surface area contributed by atoms with Crippen LogP contribution in [0.15, 0.2) is 36.4 Å². The Morgan fingerprint density at radius 3 is 2.55 bits per heavy atom. The monoisotopic (exact) mass is 432 g/mol. The lowest BCUT2D eigenvalue weighted by Crippen LogP contribution is -2.42. The minimum Gasteiger partial charge on any atom is -0.362 e. The molecular formula is C22H22Cl2N2O3. The fraction of sp³-hybridized carbons (Fsp3) is 0.364. The molecule has 0 saturated carbocycles. The molecule has 4 rings (SSSR count). The van der Waals surface area contributed by atoms with Crippen molar-refractivity contribution in [2.75, 3.05) is 19.7 Å². The predicted molar refractivity (Wildman–Crippen MR) is 112 cm³/mol. The highest BCUT2D eigenvalue weighted by Gasteiger charge is 2.32. The number of carbonyl (C=O) groups is 2. The van der Waals surface area contributed by atoms with Crippen LogP contribution in [0.25, 0.3) is 0 Å². The van der Waals surface area contributed by atoms with E-state index in [1.54, 1.807) is 18.2 Å². The first-order valence-electron chi connectivity index (χ1n) is 9.68. The van der Waals surface area contributed by atoms with Gasteiger partial charge in [-0.25, -0.2) is 0 Å². The second kappa shape index (κ2) is 8.34. The molecular weight excluding hydrogens is 411 g/mol. The SMILES string of the molecule is CC1c2cccc(C3CNC(=O)CO3)c2CCN1C(=O)Cc1c(Cl)cccc1Cl. The number of hydrogen-bond donors (Lipinski definition) is 1. The van der Waals surface area contributed by atoms with E-state index >= 15 is 0 Å². The Bertz CT molecular complexity index is 933. The third-order valence-electron chi connectivity index (χ3n) is 5.73.